The summed E-state index contributed by atoms with van der Waals surface area (Å²) in [7, 11) is -3.37. The lowest BCUT2D eigenvalue weighted by Gasteiger charge is -2.22. The first kappa shape index (κ1) is 11.9. The molecule has 4 nitrogen and oxygen atoms in total. The van der Waals surface area contributed by atoms with Crippen molar-refractivity contribution in [3.8, 4) is 0 Å². The molecule has 2 N–H and O–H groups in total. The molecule has 1 unspecified atom stereocenters. The van der Waals surface area contributed by atoms with Gasteiger partial charge in [-0.1, -0.05) is 0 Å². The number of aliphatic hydroxyl groups is 1. The van der Waals surface area contributed by atoms with Gasteiger partial charge < -0.3 is 5.11 Å². The normalized spacial score (nSPS) is 16.1. The van der Waals surface area contributed by atoms with Crippen molar-refractivity contribution in [2.24, 2.45) is 0 Å². The Morgan fingerprint density at radius 1 is 1.42 bits per heavy atom. The molecule has 5 heteroatoms. The molecule has 0 rings (SSSR count). The summed E-state index contributed by atoms with van der Waals surface area (Å²) < 4.78 is 25.1. The van der Waals surface area contributed by atoms with Crippen LogP contribution >= 0.6 is 0 Å². The molecular formula is C7H17NO3S. The molecule has 0 saturated heterocycles. The Bertz CT molecular complexity index is 228. The first-order valence-electron chi connectivity index (χ1n) is 3.82. The van der Waals surface area contributed by atoms with E-state index in [4.69, 9.17) is 5.11 Å². The third kappa shape index (κ3) is 4.04. The van der Waals surface area contributed by atoms with Gasteiger partial charge in [0.1, 0.15) is 0 Å². The first-order valence-corrected chi connectivity index (χ1v) is 5.37. The van der Waals surface area contributed by atoms with Crippen molar-refractivity contribution >= 4 is 10.0 Å². The van der Waals surface area contributed by atoms with Crippen LogP contribution in [-0.4, -0.2) is 30.9 Å². The molecule has 0 aromatic rings. The van der Waals surface area contributed by atoms with Crippen molar-refractivity contribution in [2.45, 2.75) is 38.5 Å². The van der Waals surface area contributed by atoms with E-state index in [9.17, 15) is 8.42 Å². The van der Waals surface area contributed by atoms with E-state index in [1.54, 1.807) is 20.8 Å². The number of rotatable bonds is 3. The standard InChI is InChI=1S/C7H17NO3S/c1-6(5-9)12(10,11)8-7(2,3)4/h6,8-9H,5H2,1-4H3. The fraction of sp³-hybridized carbons (Fsp3) is 1.00. The molecule has 0 aromatic carbocycles. The van der Waals surface area contributed by atoms with Gasteiger partial charge in [0.25, 0.3) is 0 Å². The van der Waals surface area contributed by atoms with Crippen molar-refractivity contribution in [2.75, 3.05) is 6.61 Å². The van der Waals surface area contributed by atoms with E-state index in [0.29, 0.717) is 0 Å². The molecule has 0 saturated carbocycles. The lowest BCUT2D eigenvalue weighted by molar-refractivity contribution is 0.293. The zero-order chi connectivity index (χ0) is 9.99. The fourth-order valence-corrected chi connectivity index (χ4v) is 1.88. The molecule has 0 aromatic heterocycles. The third-order valence-electron chi connectivity index (χ3n) is 1.24. The van der Waals surface area contributed by atoms with Gasteiger partial charge in [-0.3, -0.25) is 0 Å². The number of hydrogen-bond acceptors (Lipinski definition) is 3. The van der Waals surface area contributed by atoms with Crippen LogP contribution in [0.4, 0.5) is 0 Å². The van der Waals surface area contributed by atoms with Gasteiger partial charge in [-0.15, -0.1) is 0 Å². The summed E-state index contributed by atoms with van der Waals surface area (Å²) in [4.78, 5) is 0. The summed E-state index contributed by atoms with van der Waals surface area (Å²) in [6.07, 6.45) is 0. The lowest BCUT2D eigenvalue weighted by atomic mass is 10.1. The van der Waals surface area contributed by atoms with Crippen molar-refractivity contribution < 1.29 is 13.5 Å². The van der Waals surface area contributed by atoms with E-state index in [0.717, 1.165) is 0 Å². The summed E-state index contributed by atoms with van der Waals surface area (Å²) in [5.74, 6) is 0. The second kappa shape index (κ2) is 3.72. The van der Waals surface area contributed by atoms with Crippen molar-refractivity contribution in [3.05, 3.63) is 0 Å². The van der Waals surface area contributed by atoms with Crippen LogP contribution in [0.15, 0.2) is 0 Å². The maximum absolute atomic E-state index is 11.3. The van der Waals surface area contributed by atoms with E-state index in [1.807, 2.05) is 0 Å². The Balaban J connectivity index is 4.45. The minimum atomic E-state index is -3.37. The molecule has 0 amide bonds. The van der Waals surface area contributed by atoms with Crippen molar-refractivity contribution in [1.82, 2.24) is 4.72 Å². The van der Waals surface area contributed by atoms with Crippen LogP contribution in [0, 0.1) is 0 Å². The van der Waals surface area contributed by atoms with E-state index < -0.39 is 20.8 Å². The first-order chi connectivity index (χ1) is 5.19. The summed E-state index contributed by atoms with van der Waals surface area (Å²) >= 11 is 0. The fourth-order valence-electron chi connectivity index (χ4n) is 0.625. The molecule has 0 radical (unpaired) electrons. The van der Waals surface area contributed by atoms with E-state index in [-0.39, 0.29) is 6.61 Å². The van der Waals surface area contributed by atoms with Crippen LogP contribution in [-0.2, 0) is 10.0 Å². The van der Waals surface area contributed by atoms with Crippen LogP contribution < -0.4 is 4.72 Å². The Hall–Kier alpha value is -0.130. The van der Waals surface area contributed by atoms with Gasteiger partial charge in [-0.05, 0) is 27.7 Å². The monoisotopic (exact) mass is 195 g/mol. The predicted molar refractivity (Wildman–Crippen MR) is 48.4 cm³/mol. The van der Waals surface area contributed by atoms with E-state index in [2.05, 4.69) is 4.72 Å². The van der Waals surface area contributed by atoms with Gasteiger partial charge in [-0.25, -0.2) is 13.1 Å². The minimum absolute atomic E-state index is 0.356. The molecule has 0 aliphatic rings. The molecule has 74 valence electrons. The van der Waals surface area contributed by atoms with E-state index in [1.165, 1.54) is 6.92 Å². The number of sulfonamides is 1. The molecule has 0 fully saturated rings. The summed E-state index contributed by atoms with van der Waals surface area (Å²) in [6, 6.07) is 0. The SMILES string of the molecule is CC(CO)S(=O)(=O)NC(C)(C)C. The Kier molecular flexibility index (Phi) is 3.68. The van der Waals surface area contributed by atoms with Crippen LogP contribution in [0.25, 0.3) is 0 Å². The van der Waals surface area contributed by atoms with Crippen LogP contribution in [0.2, 0.25) is 0 Å². The van der Waals surface area contributed by atoms with Crippen molar-refractivity contribution in [1.29, 1.82) is 0 Å². The average molecular weight is 195 g/mol. The van der Waals surface area contributed by atoms with Crippen molar-refractivity contribution in [3.63, 3.8) is 0 Å². The Morgan fingerprint density at radius 3 is 2.08 bits per heavy atom. The van der Waals surface area contributed by atoms with E-state index >= 15 is 0 Å². The van der Waals surface area contributed by atoms with Gasteiger partial charge in [0.05, 0.1) is 11.9 Å². The molecule has 0 aliphatic carbocycles. The smallest absolute Gasteiger partial charge is 0.216 e. The molecule has 12 heavy (non-hydrogen) atoms. The maximum Gasteiger partial charge on any atom is 0.216 e. The lowest BCUT2D eigenvalue weighted by Crippen LogP contribution is -2.45. The molecule has 0 bridgehead atoms. The predicted octanol–water partition coefficient (Wildman–Crippen LogP) is 0.0851. The second-order valence-corrected chi connectivity index (χ2v) is 5.99. The average Bonchev–Trinajstić information content (AvgIpc) is 1.80. The summed E-state index contributed by atoms with van der Waals surface area (Å²) in [6.45, 7) is 6.39. The van der Waals surface area contributed by atoms with Gasteiger partial charge >= 0.3 is 0 Å². The molecular weight excluding hydrogens is 178 g/mol. The van der Waals surface area contributed by atoms with Crippen LogP contribution in [0.1, 0.15) is 27.7 Å². The number of aliphatic hydroxyl groups excluding tert-OH is 1. The highest BCUT2D eigenvalue weighted by atomic mass is 32.2. The summed E-state index contributed by atoms with van der Waals surface area (Å²) in [5, 5.41) is 7.90. The van der Waals surface area contributed by atoms with Gasteiger partial charge in [0.2, 0.25) is 10.0 Å². The van der Waals surface area contributed by atoms with Gasteiger partial charge in [-0.2, -0.15) is 0 Å². The molecule has 0 aliphatic heterocycles. The molecule has 0 spiro atoms. The Morgan fingerprint density at radius 2 is 1.83 bits per heavy atom. The zero-order valence-corrected chi connectivity index (χ0v) is 8.77. The molecule has 0 heterocycles. The minimum Gasteiger partial charge on any atom is -0.395 e. The highest BCUT2D eigenvalue weighted by Crippen LogP contribution is 2.05. The van der Waals surface area contributed by atoms with Gasteiger partial charge in [0.15, 0.2) is 0 Å². The highest BCUT2D eigenvalue weighted by molar-refractivity contribution is 7.90. The molecule has 1 atom stereocenters. The summed E-state index contributed by atoms with van der Waals surface area (Å²) in [5.41, 5.74) is -0.484. The quantitative estimate of drug-likeness (QED) is 0.670. The number of hydrogen-bond donors (Lipinski definition) is 2. The van der Waals surface area contributed by atoms with Crippen LogP contribution in [0.3, 0.4) is 0 Å². The third-order valence-corrected chi connectivity index (χ3v) is 3.34. The largest absolute Gasteiger partial charge is 0.395 e. The van der Waals surface area contributed by atoms with Crippen LogP contribution in [0.5, 0.6) is 0 Å². The zero-order valence-electron chi connectivity index (χ0n) is 7.96. The topological polar surface area (TPSA) is 66.4 Å². The van der Waals surface area contributed by atoms with Gasteiger partial charge in [0, 0.05) is 5.54 Å². The highest BCUT2D eigenvalue weighted by Gasteiger charge is 2.25. The Labute approximate surface area is 74.0 Å². The second-order valence-electron chi connectivity index (χ2n) is 3.89. The number of nitrogens with one attached hydrogen (secondary N) is 1. The maximum atomic E-state index is 11.3.